The number of thiophene rings is 1. The van der Waals surface area contributed by atoms with Crippen LogP contribution in [-0.4, -0.2) is 41.6 Å². The number of hydrogen-bond acceptors (Lipinski definition) is 5. The molecule has 2 heterocycles. The Kier molecular flexibility index (Phi) is 5.66. The van der Waals surface area contributed by atoms with Crippen LogP contribution in [0.25, 0.3) is 0 Å². The van der Waals surface area contributed by atoms with Crippen molar-refractivity contribution in [3.63, 3.8) is 0 Å². The highest BCUT2D eigenvalue weighted by Crippen LogP contribution is 2.34. The fourth-order valence-corrected chi connectivity index (χ4v) is 4.04. The number of likely N-dealkylation sites (tertiary alicyclic amines) is 1. The molecule has 2 aromatic rings. The Labute approximate surface area is 146 Å². The van der Waals surface area contributed by atoms with Gasteiger partial charge in [0.2, 0.25) is 0 Å². The molecule has 5 heteroatoms. The van der Waals surface area contributed by atoms with Crippen LogP contribution in [0.3, 0.4) is 0 Å². The predicted molar refractivity (Wildman–Crippen MR) is 95.8 cm³/mol. The molecule has 3 rings (SSSR count). The molecule has 0 radical (unpaired) electrons. The summed E-state index contributed by atoms with van der Waals surface area (Å²) in [6, 6.07) is 11.7. The maximum absolute atomic E-state index is 11.3. The number of aliphatic hydroxyl groups excluding tert-OH is 1. The number of hydrogen-bond donors (Lipinski definition) is 1. The van der Waals surface area contributed by atoms with Crippen molar-refractivity contribution in [2.45, 2.75) is 31.9 Å². The van der Waals surface area contributed by atoms with Gasteiger partial charge in [0.25, 0.3) is 0 Å². The number of carbonyl (C=O) groups is 1. The first-order chi connectivity index (χ1) is 11.6. The van der Waals surface area contributed by atoms with E-state index in [0.29, 0.717) is 23.9 Å². The van der Waals surface area contributed by atoms with Crippen LogP contribution in [0, 0.1) is 0 Å². The molecular formula is C19H23NO3S. The van der Waals surface area contributed by atoms with Crippen LogP contribution in [0.2, 0.25) is 0 Å². The summed E-state index contributed by atoms with van der Waals surface area (Å²) in [6.45, 7) is 3.44. The molecule has 128 valence electrons. The van der Waals surface area contributed by atoms with Crippen molar-refractivity contribution in [2.75, 3.05) is 19.7 Å². The molecule has 4 nitrogen and oxygen atoms in total. The molecule has 1 N–H and O–H groups in total. The number of nitrogens with zero attached hydrogens (tertiary/aromatic N) is 1. The van der Waals surface area contributed by atoms with Gasteiger partial charge in [0.1, 0.15) is 18.5 Å². The third-order valence-electron chi connectivity index (χ3n) is 4.38. The van der Waals surface area contributed by atoms with E-state index in [-0.39, 0.29) is 12.4 Å². The first kappa shape index (κ1) is 17.1. The number of benzene rings is 1. The molecule has 0 bridgehead atoms. The average molecular weight is 345 g/mol. The van der Waals surface area contributed by atoms with Crippen molar-refractivity contribution in [3.8, 4) is 5.75 Å². The summed E-state index contributed by atoms with van der Waals surface area (Å²) in [7, 11) is 0. The highest BCUT2D eigenvalue weighted by molar-refractivity contribution is 7.10. The van der Waals surface area contributed by atoms with Crippen molar-refractivity contribution < 1.29 is 14.6 Å². The summed E-state index contributed by atoms with van der Waals surface area (Å²) in [5.41, 5.74) is 0.666. The topological polar surface area (TPSA) is 49.8 Å². The number of carbonyl (C=O) groups excluding carboxylic acids is 1. The van der Waals surface area contributed by atoms with Gasteiger partial charge in [-0.25, -0.2) is 0 Å². The lowest BCUT2D eigenvalue weighted by molar-refractivity contribution is 0.0643. The van der Waals surface area contributed by atoms with Crippen molar-refractivity contribution in [3.05, 3.63) is 52.2 Å². The minimum absolute atomic E-state index is 0.0373. The van der Waals surface area contributed by atoms with E-state index in [1.807, 2.05) is 0 Å². The van der Waals surface area contributed by atoms with E-state index in [1.54, 1.807) is 42.5 Å². The van der Waals surface area contributed by atoms with Crippen molar-refractivity contribution in [2.24, 2.45) is 0 Å². The number of rotatable bonds is 7. The fraction of sp³-hybridized carbons (Fsp3) is 0.421. The molecular weight excluding hydrogens is 322 g/mol. The third kappa shape index (κ3) is 4.23. The molecule has 1 fully saturated rings. The number of β-amino-alcohol motifs (C(OH)–C–C–N with tert-alkyl or cyclic N) is 1. The molecule has 2 atom stereocenters. The summed E-state index contributed by atoms with van der Waals surface area (Å²) in [6.07, 6.45) is 1.79. The second kappa shape index (κ2) is 7.92. The van der Waals surface area contributed by atoms with Gasteiger partial charge in [-0.05, 0) is 62.0 Å². The van der Waals surface area contributed by atoms with Crippen LogP contribution < -0.4 is 4.74 Å². The van der Waals surface area contributed by atoms with Gasteiger partial charge in [0, 0.05) is 23.0 Å². The lowest BCUT2D eigenvalue weighted by Gasteiger charge is -2.26. The monoisotopic (exact) mass is 345 g/mol. The fourth-order valence-electron chi connectivity index (χ4n) is 3.15. The minimum Gasteiger partial charge on any atom is -0.491 e. The van der Waals surface area contributed by atoms with Crippen molar-refractivity contribution in [1.29, 1.82) is 0 Å². The molecule has 1 aliphatic heterocycles. The van der Waals surface area contributed by atoms with Crippen molar-refractivity contribution >= 4 is 17.1 Å². The molecule has 24 heavy (non-hydrogen) atoms. The second-order valence-electron chi connectivity index (χ2n) is 6.21. The molecule has 1 aromatic carbocycles. The summed E-state index contributed by atoms with van der Waals surface area (Å²) >= 11 is 1.78. The number of Topliss-reactive ketones (excluding diaryl/α,β-unsaturated/α-hetero) is 1. The average Bonchev–Trinajstić information content (AvgIpc) is 3.24. The van der Waals surface area contributed by atoms with E-state index in [2.05, 4.69) is 22.4 Å². The largest absolute Gasteiger partial charge is 0.491 e. The van der Waals surface area contributed by atoms with Gasteiger partial charge in [0.15, 0.2) is 5.78 Å². The molecule has 1 aliphatic rings. The number of ketones is 1. The zero-order valence-electron chi connectivity index (χ0n) is 13.9. The second-order valence-corrected chi connectivity index (χ2v) is 7.19. The van der Waals surface area contributed by atoms with E-state index < -0.39 is 6.10 Å². The van der Waals surface area contributed by atoms with Crippen LogP contribution in [0.15, 0.2) is 41.8 Å². The summed E-state index contributed by atoms with van der Waals surface area (Å²) in [5, 5.41) is 12.4. The van der Waals surface area contributed by atoms with E-state index >= 15 is 0 Å². The lowest BCUT2D eigenvalue weighted by Crippen LogP contribution is -2.35. The quantitative estimate of drug-likeness (QED) is 0.780. The standard InChI is InChI=1S/C19H23NO3S/c1-14(21)15-6-8-17(9-7-15)23-13-16(22)12-20-10-2-4-18(20)19-5-3-11-24-19/h3,5-9,11,16,18,22H,2,4,10,12-13H2,1H3/t16-,18-/m0/s1. The molecule has 0 spiro atoms. The maximum Gasteiger partial charge on any atom is 0.159 e. The van der Waals surface area contributed by atoms with Gasteiger partial charge in [-0.15, -0.1) is 11.3 Å². The van der Waals surface area contributed by atoms with E-state index in [9.17, 15) is 9.90 Å². The van der Waals surface area contributed by atoms with Crippen LogP contribution in [-0.2, 0) is 0 Å². The zero-order valence-corrected chi connectivity index (χ0v) is 14.7. The SMILES string of the molecule is CC(=O)c1ccc(OC[C@@H](O)CN2CCC[C@H]2c2cccs2)cc1. The molecule has 0 saturated carbocycles. The van der Waals surface area contributed by atoms with Gasteiger partial charge in [0.05, 0.1) is 0 Å². The predicted octanol–water partition coefficient (Wildman–Crippen LogP) is 3.53. The Morgan fingerprint density at radius 2 is 2.17 bits per heavy atom. The minimum atomic E-state index is -0.530. The van der Waals surface area contributed by atoms with Gasteiger partial charge in [-0.2, -0.15) is 0 Å². The van der Waals surface area contributed by atoms with Crippen LogP contribution in [0.5, 0.6) is 5.75 Å². The van der Waals surface area contributed by atoms with Crippen LogP contribution >= 0.6 is 11.3 Å². The molecule has 0 amide bonds. The smallest absolute Gasteiger partial charge is 0.159 e. The summed E-state index contributed by atoms with van der Waals surface area (Å²) < 4.78 is 5.65. The summed E-state index contributed by atoms with van der Waals surface area (Å²) in [5.74, 6) is 0.713. The zero-order chi connectivity index (χ0) is 16.9. The Balaban J connectivity index is 1.50. The first-order valence-corrected chi connectivity index (χ1v) is 9.21. The Morgan fingerprint density at radius 3 is 2.83 bits per heavy atom. The van der Waals surface area contributed by atoms with Gasteiger partial charge in [-0.1, -0.05) is 6.07 Å². The maximum atomic E-state index is 11.3. The number of ether oxygens (including phenoxy) is 1. The molecule has 0 aliphatic carbocycles. The summed E-state index contributed by atoms with van der Waals surface area (Å²) in [4.78, 5) is 15.0. The molecule has 1 saturated heterocycles. The molecule has 1 aromatic heterocycles. The van der Waals surface area contributed by atoms with E-state index in [1.165, 1.54) is 11.3 Å². The lowest BCUT2D eigenvalue weighted by atomic mass is 10.1. The number of aliphatic hydroxyl groups is 1. The van der Waals surface area contributed by atoms with Crippen LogP contribution in [0.1, 0.15) is 41.0 Å². The van der Waals surface area contributed by atoms with Crippen molar-refractivity contribution in [1.82, 2.24) is 4.90 Å². The normalized spacial score (nSPS) is 19.3. The van der Waals surface area contributed by atoms with Gasteiger partial charge in [-0.3, -0.25) is 9.69 Å². The van der Waals surface area contributed by atoms with Crippen LogP contribution in [0.4, 0.5) is 0 Å². The third-order valence-corrected chi connectivity index (χ3v) is 5.36. The van der Waals surface area contributed by atoms with Gasteiger partial charge < -0.3 is 9.84 Å². The molecule has 0 unspecified atom stereocenters. The Morgan fingerprint density at radius 1 is 1.38 bits per heavy atom. The highest BCUT2D eigenvalue weighted by Gasteiger charge is 2.28. The van der Waals surface area contributed by atoms with E-state index in [0.717, 1.165) is 13.0 Å². The first-order valence-electron chi connectivity index (χ1n) is 8.33. The van der Waals surface area contributed by atoms with E-state index in [4.69, 9.17) is 4.74 Å². The Hall–Kier alpha value is -1.69. The highest BCUT2D eigenvalue weighted by atomic mass is 32.1. The van der Waals surface area contributed by atoms with Gasteiger partial charge >= 0.3 is 0 Å². The Bertz CT molecular complexity index is 654.